The van der Waals surface area contributed by atoms with Crippen LogP contribution in [0.2, 0.25) is 0 Å². The van der Waals surface area contributed by atoms with E-state index in [4.69, 9.17) is 4.99 Å². The number of nitrogens with zero attached hydrogens (tertiary/aromatic N) is 2. The van der Waals surface area contributed by atoms with E-state index in [9.17, 15) is 0 Å². The minimum absolute atomic E-state index is 0.166. The molecule has 0 N–H and O–H groups in total. The summed E-state index contributed by atoms with van der Waals surface area (Å²) in [5.74, 6) is 0.263. The molecule has 4 atom stereocenters. The van der Waals surface area contributed by atoms with Gasteiger partial charge in [0.15, 0.2) is 0 Å². The van der Waals surface area contributed by atoms with Crippen LogP contribution in [0, 0.1) is 0 Å². The summed E-state index contributed by atoms with van der Waals surface area (Å²) < 4.78 is 0. The molecule has 0 aliphatic carbocycles. The van der Waals surface area contributed by atoms with E-state index in [0.29, 0.717) is 6.04 Å². The zero-order valence-corrected chi connectivity index (χ0v) is 19.0. The van der Waals surface area contributed by atoms with E-state index in [-0.39, 0.29) is 18.0 Å². The van der Waals surface area contributed by atoms with E-state index in [2.05, 4.69) is 139 Å². The number of rotatable bonds is 5. The van der Waals surface area contributed by atoms with Crippen molar-refractivity contribution in [2.24, 2.45) is 4.99 Å². The van der Waals surface area contributed by atoms with Gasteiger partial charge >= 0.3 is 0 Å². The molecule has 1 fully saturated rings. The average molecular weight is 431 g/mol. The van der Waals surface area contributed by atoms with Crippen molar-refractivity contribution in [1.82, 2.24) is 4.90 Å². The van der Waals surface area contributed by atoms with E-state index in [1.807, 2.05) is 0 Å². The molecule has 1 heterocycles. The van der Waals surface area contributed by atoms with Crippen LogP contribution in [0.3, 0.4) is 0 Å². The molecule has 0 radical (unpaired) electrons. The highest BCUT2D eigenvalue weighted by atomic mass is 15.2. The van der Waals surface area contributed by atoms with Crippen molar-refractivity contribution in [3.8, 4) is 0 Å². The molecular formula is C31H30N2. The predicted molar refractivity (Wildman–Crippen MR) is 138 cm³/mol. The molecule has 0 saturated carbocycles. The number of benzene rings is 4. The fourth-order valence-electron chi connectivity index (χ4n) is 5.29. The van der Waals surface area contributed by atoms with Crippen LogP contribution in [0.25, 0.3) is 0 Å². The molecule has 2 nitrogen and oxygen atoms in total. The number of hydrogen-bond acceptors (Lipinski definition) is 2. The average Bonchev–Trinajstić information content (AvgIpc) is 2.89. The molecule has 0 amide bonds. The van der Waals surface area contributed by atoms with E-state index in [1.165, 1.54) is 16.7 Å². The minimum atomic E-state index is 0.166. The largest absolute Gasteiger partial charge is 0.292 e. The molecule has 164 valence electrons. The summed E-state index contributed by atoms with van der Waals surface area (Å²) in [6.45, 7) is 0. The van der Waals surface area contributed by atoms with Gasteiger partial charge < -0.3 is 0 Å². The van der Waals surface area contributed by atoms with Gasteiger partial charge in [-0.1, -0.05) is 121 Å². The highest BCUT2D eigenvalue weighted by Crippen LogP contribution is 2.49. The summed E-state index contributed by atoms with van der Waals surface area (Å²) in [7, 11) is 2.28. The molecule has 0 unspecified atom stereocenters. The van der Waals surface area contributed by atoms with Gasteiger partial charge in [-0.15, -0.1) is 0 Å². The molecule has 4 aromatic carbocycles. The van der Waals surface area contributed by atoms with Crippen LogP contribution in [-0.4, -0.2) is 24.2 Å². The Morgan fingerprint density at radius 2 is 1.12 bits per heavy atom. The Balaban J connectivity index is 1.62. The molecule has 0 bridgehead atoms. The summed E-state index contributed by atoms with van der Waals surface area (Å²) in [4.78, 5) is 7.81. The minimum Gasteiger partial charge on any atom is -0.292 e. The highest BCUT2D eigenvalue weighted by molar-refractivity contribution is 5.79. The molecule has 4 aromatic rings. The molecule has 0 spiro atoms. The second kappa shape index (κ2) is 9.97. The zero-order valence-electron chi connectivity index (χ0n) is 19.0. The maximum atomic E-state index is 5.25. The molecule has 2 heteroatoms. The monoisotopic (exact) mass is 430 g/mol. The van der Waals surface area contributed by atoms with Crippen LogP contribution in [-0.2, 0) is 0 Å². The van der Waals surface area contributed by atoms with E-state index < -0.39 is 0 Å². The van der Waals surface area contributed by atoms with Gasteiger partial charge in [-0.25, -0.2) is 0 Å². The van der Waals surface area contributed by atoms with Crippen molar-refractivity contribution < 1.29 is 0 Å². The molecule has 33 heavy (non-hydrogen) atoms. The first-order valence-electron chi connectivity index (χ1n) is 11.8. The lowest BCUT2D eigenvalue weighted by atomic mass is 9.74. The second-order valence-electron chi connectivity index (χ2n) is 8.88. The molecule has 0 aromatic heterocycles. The number of likely N-dealkylation sites (N-methyl/N-ethyl adjacent to an activating group) is 1. The van der Waals surface area contributed by atoms with E-state index >= 15 is 0 Å². The summed E-state index contributed by atoms with van der Waals surface area (Å²) >= 11 is 0. The van der Waals surface area contributed by atoms with Gasteiger partial charge in [-0.2, -0.15) is 0 Å². The van der Waals surface area contributed by atoms with Gasteiger partial charge in [0.2, 0.25) is 0 Å². The van der Waals surface area contributed by atoms with Crippen molar-refractivity contribution in [2.45, 2.75) is 30.5 Å². The van der Waals surface area contributed by atoms with E-state index in [0.717, 1.165) is 12.0 Å². The number of hydrogen-bond donors (Lipinski definition) is 0. The van der Waals surface area contributed by atoms with Crippen molar-refractivity contribution in [3.63, 3.8) is 0 Å². The van der Waals surface area contributed by atoms with Crippen molar-refractivity contribution in [2.75, 3.05) is 7.05 Å². The van der Waals surface area contributed by atoms with Gasteiger partial charge in [0.05, 0.1) is 6.04 Å². The first-order chi connectivity index (χ1) is 16.3. The highest BCUT2D eigenvalue weighted by Gasteiger charge is 2.43. The second-order valence-corrected chi connectivity index (χ2v) is 8.88. The Bertz CT molecular complexity index is 1160. The zero-order chi connectivity index (χ0) is 22.5. The predicted octanol–water partition coefficient (Wildman–Crippen LogP) is 7.08. The Labute approximate surface area is 197 Å². The fraction of sp³-hybridized carbons (Fsp3) is 0.194. The van der Waals surface area contributed by atoms with Crippen LogP contribution in [0.1, 0.15) is 46.7 Å². The van der Waals surface area contributed by atoms with Crippen LogP contribution in [0.15, 0.2) is 126 Å². The standard InChI is InChI=1S/C31H30N2/c1-33-29(25-16-8-3-9-17-25)22-28(32-23-24-14-6-2-7-15-24)30(26-18-10-4-11-19-26)31(33)27-20-12-5-13-21-27/h2-21,23,28-31H,22H2,1H3/t28-,29-,30-,31+/m0/s1. The van der Waals surface area contributed by atoms with Gasteiger partial charge in [0.1, 0.15) is 0 Å². The smallest absolute Gasteiger partial charge is 0.0604 e. The van der Waals surface area contributed by atoms with Crippen LogP contribution >= 0.6 is 0 Å². The van der Waals surface area contributed by atoms with Crippen LogP contribution in [0.4, 0.5) is 0 Å². The normalized spacial score (nSPS) is 23.5. The summed E-state index contributed by atoms with van der Waals surface area (Å²) in [5, 5.41) is 0. The molecule has 1 aliphatic rings. The number of likely N-dealkylation sites (tertiary alicyclic amines) is 1. The van der Waals surface area contributed by atoms with Crippen LogP contribution < -0.4 is 0 Å². The van der Waals surface area contributed by atoms with Gasteiger partial charge in [0.25, 0.3) is 0 Å². The van der Waals surface area contributed by atoms with Crippen LogP contribution in [0.5, 0.6) is 0 Å². The van der Waals surface area contributed by atoms with Gasteiger partial charge in [-0.05, 0) is 35.7 Å². The number of aliphatic imine (C=N–C) groups is 1. The van der Waals surface area contributed by atoms with Gasteiger partial charge in [-0.3, -0.25) is 9.89 Å². The summed E-state index contributed by atoms with van der Waals surface area (Å²) in [5.41, 5.74) is 5.19. The quantitative estimate of drug-likeness (QED) is 0.309. The molecule has 1 aliphatic heterocycles. The third-order valence-electron chi connectivity index (χ3n) is 6.87. The summed E-state index contributed by atoms with van der Waals surface area (Å²) in [6.07, 6.45) is 3.04. The Morgan fingerprint density at radius 1 is 0.636 bits per heavy atom. The molecular weight excluding hydrogens is 400 g/mol. The lowest BCUT2D eigenvalue weighted by Crippen LogP contribution is -2.44. The maximum Gasteiger partial charge on any atom is 0.0604 e. The van der Waals surface area contributed by atoms with Crippen molar-refractivity contribution >= 4 is 6.21 Å². The molecule has 5 rings (SSSR count). The lowest BCUT2D eigenvalue weighted by Gasteiger charge is -2.48. The van der Waals surface area contributed by atoms with Crippen molar-refractivity contribution in [3.05, 3.63) is 144 Å². The third kappa shape index (κ3) is 4.67. The lowest BCUT2D eigenvalue weighted by molar-refractivity contribution is 0.0808. The third-order valence-corrected chi connectivity index (χ3v) is 6.87. The Kier molecular flexibility index (Phi) is 6.46. The van der Waals surface area contributed by atoms with E-state index in [1.54, 1.807) is 0 Å². The molecule has 1 saturated heterocycles. The topological polar surface area (TPSA) is 15.6 Å². The first kappa shape index (κ1) is 21.4. The Hall–Kier alpha value is -3.49. The fourth-order valence-corrected chi connectivity index (χ4v) is 5.29. The maximum absolute atomic E-state index is 5.25. The number of piperidine rings is 1. The van der Waals surface area contributed by atoms with Crippen molar-refractivity contribution in [1.29, 1.82) is 0 Å². The SMILES string of the molecule is CN1[C@H](c2ccccc2)[C@@H](c2ccccc2)[C@@H](N=Cc2ccccc2)C[C@H]1c1ccccc1. The summed E-state index contributed by atoms with van der Waals surface area (Å²) in [6, 6.07) is 43.9. The van der Waals surface area contributed by atoms with Gasteiger partial charge in [0, 0.05) is 24.2 Å². The first-order valence-corrected chi connectivity index (χ1v) is 11.8. The Morgan fingerprint density at radius 3 is 1.70 bits per heavy atom.